The number of nitrogens with zero attached hydrogens (tertiary/aromatic N) is 2. The Balaban J connectivity index is 2.02. The molecular formula is C17H22N2O3S. The molecule has 0 aliphatic heterocycles. The first-order chi connectivity index (χ1) is 10.9. The average molecular weight is 334 g/mol. The van der Waals surface area contributed by atoms with Gasteiger partial charge in [0.05, 0.1) is 12.9 Å². The summed E-state index contributed by atoms with van der Waals surface area (Å²) in [7, 11) is -3.35. The Labute approximate surface area is 137 Å². The third-order valence-corrected chi connectivity index (χ3v) is 4.15. The van der Waals surface area contributed by atoms with Crippen LogP contribution in [-0.4, -0.2) is 31.2 Å². The van der Waals surface area contributed by atoms with E-state index in [1.54, 1.807) is 0 Å². The minimum absolute atomic E-state index is 0.210. The minimum atomic E-state index is -3.35. The molecule has 0 aliphatic carbocycles. The molecule has 0 fully saturated rings. The molecule has 0 spiro atoms. The molecule has 1 aromatic heterocycles. The van der Waals surface area contributed by atoms with Gasteiger partial charge in [-0.05, 0) is 42.9 Å². The summed E-state index contributed by atoms with van der Waals surface area (Å²) in [6, 6.07) is 6.13. The van der Waals surface area contributed by atoms with E-state index < -0.39 is 10.1 Å². The lowest BCUT2D eigenvalue weighted by Gasteiger charge is -2.08. The molecule has 1 aromatic carbocycles. The van der Waals surface area contributed by atoms with Crippen LogP contribution in [0.3, 0.4) is 0 Å². The molecule has 124 valence electrons. The lowest BCUT2D eigenvalue weighted by Crippen LogP contribution is -2.05. The molecule has 0 aliphatic rings. The van der Waals surface area contributed by atoms with Gasteiger partial charge in [0.15, 0.2) is 5.82 Å². The van der Waals surface area contributed by atoms with Gasteiger partial charge in [0.25, 0.3) is 10.1 Å². The molecule has 0 N–H and O–H groups in total. The van der Waals surface area contributed by atoms with Crippen molar-refractivity contribution in [3.05, 3.63) is 47.3 Å². The van der Waals surface area contributed by atoms with Crippen molar-refractivity contribution in [2.45, 2.75) is 33.1 Å². The molecule has 0 saturated heterocycles. The Morgan fingerprint density at radius 2 is 1.83 bits per heavy atom. The summed E-state index contributed by atoms with van der Waals surface area (Å²) in [5.74, 6) is 0.728. The predicted octanol–water partition coefficient (Wildman–Crippen LogP) is 2.92. The third kappa shape index (κ3) is 5.41. The van der Waals surface area contributed by atoms with Crippen molar-refractivity contribution in [1.29, 1.82) is 0 Å². The molecular weight excluding hydrogens is 312 g/mol. The zero-order chi connectivity index (χ0) is 16.9. The Morgan fingerprint density at radius 1 is 1.13 bits per heavy atom. The number of benzene rings is 1. The molecule has 6 heteroatoms. The number of hydrogen-bond donors (Lipinski definition) is 0. The van der Waals surface area contributed by atoms with E-state index in [0.29, 0.717) is 6.42 Å². The molecule has 0 atom stereocenters. The van der Waals surface area contributed by atoms with Gasteiger partial charge in [0.1, 0.15) is 0 Å². The highest BCUT2D eigenvalue weighted by Gasteiger charge is 2.07. The maximum Gasteiger partial charge on any atom is 0.264 e. The largest absolute Gasteiger partial charge is 0.270 e. The van der Waals surface area contributed by atoms with E-state index in [2.05, 4.69) is 23.0 Å². The van der Waals surface area contributed by atoms with Crippen LogP contribution in [0.4, 0.5) is 0 Å². The van der Waals surface area contributed by atoms with Crippen LogP contribution in [-0.2, 0) is 27.1 Å². The summed E-state index contributed by atoms with van der Waals surface area (Å²) < 4.78 is 26.6. The zero-order valence-electron chi connectivity index (χ0n) is 13.7. The van der Waals surface area contributed by atoms with Crippen molar-refractivity contribution >= 4 is 10.1 Å². The first-order valence-corrected chi connectivity index (χ1v) is 9.46. The fourth-order valence-electron chi connectivity index (χ4n) is 2.30. The second-order valence-electron chi connectivity index (χ2n) is 5.55. The average Bonchev–Trinajstić information content (AvgIpc) is 2.51. The van der Waals surface area contributed by atoms with E-state index in [1.165, 1.54) is 0 Å². The standard InChI is InChI=1S/C17H22N2O3S/c1-4-14-11-18-17(19-12-14)16-8-7-15(10-13(16)2)6-5-9-22-23(3,20)21/h7-8,10-12H,4-6,9H2,1-3H3. The Morgan fingerprint density at radius 3 is 2.39 bits per heavy atom. The van der Waals surface area contributed by atoms with E-state index >= 15 is 0 Å². The van der Waals surface area contributed by atoms with E-state index in [1.807, 2.05) is 31.5 Å². The fourth-order valence-corrected chi connectivity index (χ4v) is 2.72. The van der Waals surface area contributed by atoms with E-state index in [9.17, 15) is 8.42 Å². The van der Waals surface area contributed by atoms with Crippen LogP contribution in [0.2, 0.25) is 0 Å². The van der Waals surface area contributed by atoms with Crippen LogP contribution in [0.15, 0.2) is 30.6 Å². The zero-order valence-corrected chi connectivity index (χ0v) is 14.6. The molecule has 2 rings (SSSR count). The number of rotatable bonds is 7. The summed E-state index contributed by atoms with van der Waals surface area (Å²) in [6.07, 6.45) is 7.14. The van der Waals surface area contributed by atoms with Gasteiger partial charge in [-0.15, -0.1) is 0 Å². The van der Waals surface area contributed by atoms with Crippen molar-refractivity contribution in [1.82, 2.24) is 9.97 Å². The molecule has 23 heavy (non-hydrogen) atoms. The van der Waals surface area contributed by atoms with Gasteiger partial charge >= 0.3 is 0 Å². The first kappa shape index (κ1) is 17.6. The van der Waals surface area contributed by atoms with Gasteiger partial charge in [-0.2, -0.15) is 8.42 Å². The molecule has 0 amide bonds. The van der Waals surface area contributed by atoms with Gasteiger partial charge in [0.2, 0.25) is 0 Å². The van der Waals surface area contributed by atoms with Gasteiger partial charge in [-0.1, -0.05) is 25.1 Å². The van der Waals surface area contributed by atoms with Crippen LogP contribution in [0.1, 0.15) is 30.0 Å². The predicted molar refractivity (Wildman–Crippen MR) is 90.7 cm³/mol. The quantitative estimate of drug-likeness (QED) is 0.575. The van der Waals surface area contributed by atoms with Crippen molar-refractivity contribution in [3.63, 3.8) is 0 Å². The fraction of sp³-hybridized carbons (Fsp3) is 0.412. The molecule has 0 saturated carbocycles. The first-order valence-electron chi connectivity index (χ1n) is 7.64. The summed E-state index contributed by atoms with van der Waals surface area (Å²) in [5.41, 5.74) is 4.39. The summed E-state index contributed by atoms with van der Waals surface area (Å²) in [6.45, 7) is 4.32. The maximum absolute atomic E-state index is 10.9. The van der Waals surface area contributed by atoms with Gasteiger partial charge in [-0.3, -0.25) is 4.18 Å². The van der Waals surface area contributed by atoms with Crippen LogP contribution in [0.5, 0.6) is 0 Å². The second-order valence-corrected chi connectivity index (χ2v) is 7.19. The smallest absolute Gasteiger partial charge is 0.264 e. The monoisotopic (exact) mass is 334 g/mol. The van der Waals surface area contributed by atoms with Gasteiger partial charge < -0.3 is 0 Å². The molecule has 2 aromatic rings. The van der Waals surface area contributed by atoms with Crippen molar-refractivity contribution < 1.29 is 12.6 Å². The van der Waals surface area contributed by atoms with Gasteiger partial charge in [0, 0.05) is 18.0 Å². The van der Waals surface area contributed by atoms with E-state index in [4.69, 9.17) is 4.18 Å². The Kier molecular flexibility index (Phi) is 5.85. The van der Waals surface area contributed by atoms with Gasteiger partial charge in [-0.25, -0.2) is 9.97 Å². The molecule has 0 bridgehead atoms. The SMILES string of the molecule is CCc1cnc(-c2ccc(CCCOS(C)(=O)=O)cc2C)nc1. The highest BCUT2D eigenvalue weighted by Crippen LogP contribution is 2.21. The van der Waals surface area contributed by atoms with Crippen molar-refractivity contribution in [2.75, 3.05) is 12.9 Å². The number of hydrogen-bond acceptors (Lipinski definition) is 5. The molecule has 5 nitrogen and oxygen atoms in total. The van der Waals surface area contributed by atoms with Crippen molar-refractivity contribution in [2.24, 2.45) is 0 Å². The molecule has 1 heterocycles. The Bertz CT molecular complexity index is 756. The minimum Gasteiger partial charge on any atom is -0.270 e. The van der Waals surface area contributed by atoms with E-state index in [0.717, 1.165) is 47.2 Å². The van der Waals surface area contributed by atoms with Crippen LogP contribution in [0, 0.1) is 6.92 Å². The number of aryl methyl sites for hydroxylation is 3. The Hall–Kier alpha value is -1.79. The second kappa shape index (κ2) is 7.66. The van der Waals surface area contributed by atoms with E-state index in [-0.39, 0.29) is 6.61 Å². The van der Waals surface area contributed by atoms with Crippen molar-refractivity contribution in [3.8, 4) is 11.4 Å². The van der Waals surface area contributed by atoms with Crippen LogP contribution < -0.4 is 0 Å². The normalized spacial score (nSPS) is 11.6. The molecule has 0 unspecified atom stereocenters. The summed E-state index contributed by atoms with van der Waals surface area (Å²) in [4.78, 5) is 8.83. The lowest BCUT2D eigenvalue weighted by atomic mass is 10.0. The number of aromatic nitrogens is 2. The maximum atomic E-state index is 10.9. The third-order valence-electron chi connectivity index (χ3n) is 3.55. The van der Waals surface area contributed by atoms with Crippen LogP contribution >= 0.6 is 0 Å². The summed E-state index contributed by atoms with van der Waals surface area (Å²) in [5, 5.41) is 0. The summed E-state index contributed by atoms with van der Waals surface area (Å²) >= 11 is 0. The topological polar surface area (TPSA) is 69.2 Å². The highest BCUT2D eigenvalue weighted by molar-refractivity contribution is 7.85. The lowest BCUT2D eigenvalue weighted by molar-refractivity contribution is 0.316. The van der Waals surface area contributed by atoms with Crippen LogP contribution in [0.25, 0.3) is 11.4 Å². The highest BCUT2D eigenvalue weighted by atomic mass is 32.2. The molecule has 0 radical (unpaired) electrons.